The van der Waals surface area contributed by atoms with Gasteiger partial charge in [-0.15, -0.1) is 11.3 Å². The van der Waals surface area contributed by atoms with E-state index < -0.39 is 0 Å². The van der Waals surface area contributed by atoms with Gasteiger partial charge in [0.25, 0.3) is 0 Å². The zero-order valence-corrected chi connectivity index (χ0v) is 12.7. The third kappa shape index (κ3) is 2.50. The lowest BCUT2D eigenvalue weighted by molar-refractivity contribution is 0.162. The monoisotopic (exact) mass is 286 g/mol. The molecular formula is C17H22N2S. The number of thiophene rings is 1. The van der Waals surface area contributed by atoms with Crippen molar-refractivity contribution in [3.05, 3.63) is 35.2 Å². The van der Waals surface area contributed by atoms with Crippen molar-refractivity contribution in [1.29, 1.82) is 0 Å². The summed E-state index contributed by atoms with van der Waals surface area (Å²) in [6.07, 6.45) is 4.26. The number of piperazine rings is 1. The summed E-state index contributed by atoms with van der Waals surface area (Å²) in [6, 6.07) is 9.55. The van der Waals surface area contributed by atoms with Gasteiger partial charge in [-0.3, -0.25) is 4.90 Å². The average molecular weight is 286 g/mol. The number of nitrogens with zero attached hydrogens (tertiary/aromatic N) is 1. The summed E-state index contributed by atoms with van der Waals surface area (Å²) < 4.78 is 1.44. The van der Waals surface area contributed by atoms with Crippen LogP contribution in [0.1, 0.15) is 30.9 Å². The molecule has 2 aromatic rings. The van der Waals surface area contributed by atoms with Gasteiger partial charge in [0.15, 0.2) is 0 Å². The first kappa shape index (κ1) is 12.8. The number of rotatable bonds is 4. The summed E-state index contributed by atoms with van der Waals surface area (Å²) in [4.78, 5) is 2.71. The molecule has 2 aliphatic rings. The minimum Gasteiger partial charge on any atom is -0.314 e. The summed E-state index contributed by atoms with van der Waals surface area (Å²) in [5, 5.41) is 7.39. The van der Waals surface area contributed by atoms with Crippen LogP contribution in [0, 0.1) is 5.92 Å². The lowest BCUT2D eigenvalue weighted by Crippen LogP contribution is -2.45. The summed E-state index contributed by atoms with van der Waals surface area (Å²) in [5.74, 6) is 0.980. The minimum atomic E-state index is 0.640. The fourth-order valence-corrected chi connectivity index (χ4v) is 4.40. The van der Waals surface area contributed by atoms with Gasteiger partial charge in [-0.05, 0) is 34.7 Å². The van der Waals surface area contributed by atoms with Crippen LogP contribution in [0.2, 0.25) is 0 Å². The molecule has 0 spiro atoms. The fourth-order valence-electron chi connectivity index (χ4n) is 3.39. The topological polar surface area (TPSA) is 15.3 Å². The zero-order valence-electron chi connectivity index (χ0n) is 11.8. The Kier molecular flexibility index (Phi) is 3.51. The van der Waals surface area contributed by atoms with Gasteiger partial charge in [-0.25, -0.2) is 0 Å². The van der Waals surface area contributed by atoms with Gasteiger partial charge < -0.3 is 5.32 Å². The van der Waals surface area contributed by atoms with Crippen molar-refractivity contribution in [2.45, 2.75) is 25.3 Å². The van der Waals surface area contributed by atoms with Gasteiger partial charge in [-0.2, -0.15) is 0 Å². The van der Waals surface area contributed by atoms with E-state index in [9.17, 15) is 0 Å². The average Bonchev–Trinajstić information content (AvgIpc) is 3.24. The van der Waals surface area contributed by atoms with Crippen LogP contribution in [0.15, 0.2) is 29.6 Å². The second kappa shape index (κ2) is 5.47. The number of benzene rings is 1. The molecule has 1 N–H and O–H groups in total. The van der Waals surface area contributed by atoms with Crippen molar-refractivity contribution in [3.63, 3.8) is 0 Å². The molecule has 2 heterocycles. The molecule has 106 valence electrons. The molecule has 0 radical (unpaired) electrons. The van der Waals surface area contributed by atoms with E-state index in [0.717, 1.165) is 19.0 Å². The number of hydrogen-bond donors (Lipinski definition) is 1. The molecule has 1 aromatic carbocycles. The smallest absolute Gasteiger partial charge is 0.0366 e. The standard InChI is InChI=1S/C17H22N2S/c1-2-4-17-14(3-1)15(12-20-17)16(11-13-5-6-13)19-9-7-18-8-10-19/h1-4,12-13,16,18H,5-11H2/t16-/m1/s1. The Morgan fingerprint density at radius 2 is 2.00 bits per heavy atom. The summed E-state index contributed by atoms with van der Waals surface area (Å²) in [6.45, 7) is 4.68. The molecule has 0 unspecified atom stereocenters. The largest absolute Gasteiger partial charge is 0.314 e. The van der Waals surface area contributed by atoms with Crippen LogP contribution in [-0.4, -0.2) is 31.1 Å². The summed E-state index contributed by atoms with van der Waals surface area (Å²) in [7, 11) is 0. The van der Waals surface area contributed by atoms with E-state index in [1.807, 2.05) is 11.3 Å². The molecule has 1 atom stereocenters. The van der Waals surface area contributed by atoms with Crippen molar-refractivity contribution >= 4 is 21.4 Å². The number of nitrogens with one attached hydrogen (secondary N) is 1. The van der Waals surface area contributed by atoms with Crippen molar-refractivity contribution in [2.75, 3.05) is 26.2 Å². The van der Waals surface area contributed by atoms with Gasteiger partial charge in [0, 0.05) is 36.9 Å². The number of hydrogen-bond acceptors (Lipinski definition) is 3. The molecule has 2 fully saturated rings. The second-order valence-corrected chi connectivity index (χ2v) is 7.08. The maximum atomic E-state index is 3.48. The van der Waals surface area contributed by atoms with Gasteiger partial charge in [0.05, 0.1) is 0 Å². The summed E-state index contributed by atoms with van der Waals surface area (Å²) in [5.41, 5.74) is 1.58. The summed E-state index contributed by atoms with van der Waals surface area (Å²) >= 11 is 1.91. The van der Waals surface area contributed by atoms with Crippen molar-refractivity contribution in [1.82, 2.24) is 10.2 Å². The van der Waals surface area contributed by atoms with E-state index in [-0.39, 0.29) is 0 Å². The van der Waals surface area contributed by atoms with E-state index in [0.29, 0.717) is 6.04 Å². The van der Waals surface area contributed by atoms with Crippen molar-refractivity contribution in [2.24, 2.45) is 5.92 Å². The number of fused-ring (bicyclic) bond motifs is 1. The molecular weight excluding hydrogens is 264 g/mol. The van der Waals surface area contributed by atoms with Crippen LogP contribution in [0.3, 0.4) is 0 Å². The fraction of sp³-hybridized carbons (Fsp3) is 0.529. The van der Waals surface area contributed by atoms with Crippen molar-refractivity contribution in [3.8, 4) is 0 Å². The van der Waals surface area contributed by atoms with Crippen LogP contribution in [-0.2, 0) is 0 Å². The van der Waals surface area contributed by atoms with Crippen LogP contribution < -0.4 is 5.32 Å². The Balaban J connectivity index is 1.68. The third-order valence-corrected chi connectivity index (χ3v) is 5.70. The molecule has 0 amide bonds. The highest BCUT2D eigenvalue weighted by Gasteiger charge is 2.31. The molecule has 20 heavy (non-hydrogen) atoms. The van der Waals surface area contributed by atoms with Crippen LogP contribution >= 0.6 is 11.3 Å². The van der Waals surface area contributed by atoms with E-state index >= 15 is 0 Å². The molecule has 1 saturated carbocycles. The van der Waals surface area contributed by atoms with Crippen molar-refractivity contribution < 1.29 is 0 Å². The Labute approximate surface area is 124 Å². The molecule has 2 nitrogen and oxygen atoms in total. The van der Waals surface area contributed by atoms with E-state index in [1.54, 1.807) is 5.56 Å². The predicted octanol–water partition coefficient (Wildman–Crippen LogP) is 3.65. The molecule has 1 aliphatic heterocycles. The highest BCUT2D eigenvalue weighted by atomic mass is 32.1. The Morgan fingerprint density at radius 1 is 1.20 bits per heavy atom. The van der Waals surface area contributed by atoms with E-state index in [1.165, 1.54) is 42.4 Å². The first-order chi connectivity index (χ1) is 9.92. The molecule has 3 heteroatoms. The highest BCUT2D eigenvalue weighted by molar-refractivity contribution is 7.17. The second-order valence-electron chi connectivity index (χ2n) is 6.17. The Morgan fingerprint density at radius 3 is 2.80 bits per heavy atom. The molecule has 4 rings (SSSR count). The quantitative estimate of drug-likeness (QED) is 0.923. The maximum Gasteiger partial charge on any atom is 0.0366 e. The molecule has 1 aliphatic carbocycles. The van der Waals surface area contributed by atoms with E-state index in [2.05, 4.69) is 39.9 Å². The zero-order chi connectivity index (χ0) is 13.4. The van der Waals surface area contributed by atoms with Gasteiger partial charge in [0.1, 0.15) is 0 Å². The third-order valence-electron chi connectivity index (χ3n) is 4.72. The van der Waals surface area contributed by atoms with E-state index in [4.69, 9.17) is 0 Å². The molecule has 1 aromatic heterocycles. The minimum absolute atomic E-state index is 0.640. The first-order valence-electron chi connectivity index (χ1n) is 7.83. The SMILES string of the molecule is c1ccc2c([C@@H](CC3CC3)N3CCNCC3)csc2c1. The lowest BCUT2D eigenvalue weighted by atomic mass is 9.98. The lowest BCUT2D eigenvalue weighted by Gasteiger charge is -2.35. The van der Waals surface area contributed by atoms with Gasteiger partial charge >= 0.3 is 0 Å². The highest BCUT2D eigenvalue weighted by Crippen LogP contribution is 2.43. The van der Waals surface area contributed by atoms with Crippen LogP contribution in [0.5, 0.6) is 0 Å². The molecule has 0 bridgehead atoms. The van der Waals surface area contributed by atoms with Crippen LogP contribution in [0.25, 0.3) is 10.1 Å². The Bertz CT molecular complexity index is 581. The van der Waals surface area contributed by atoms with Gasteiger partial charge in [0.2, 0.25) is 0 Å². The molecule has 1 saturated heterocycles. The van der Waals surface area contributed by atoms with Crippen LogP contribution in [0.4, 0.5) is 0 Å². The first-order valence-corrected chi connectivity index (χ1v) is 8.70. The normalized spacial score (nSPS) is 22.2. The Hall–Kier alpha value is -0.900. The predicted molar refractivity (Wildman–Crippen MR) is 86.3 cm³/mol. The van der Waals surface area contributed by atoms with Gasteiger partial charge in [-0.1, -0.05) is 31.0 Å². The maximum absolute atomic E-state index is 3.48.